The summed E-state index contributed by atoms with van der Waals surface area (Å²) in [5.74, 6) is 0.322. The first kappa shape index (κ1) is 10.5. The maximum Gasteiger partial charge on any atom is 0.225 e. The van der Waals surface area contributed by atoms with Gasteiger partial charge < -0.3 is 10.2 Å². The van der Waals surface area contributed by atoms with E-state index >= 15 is 0 Å². The lowest BCUT2D eigenvalue weighted by atomic mass is 9.91. The largest absolute Gasteiger partial charge is 0.354 e. The van der Waals surface area contributed by atoms with Gasteiger partial charge in [-0.15, -0.1) is 0 Å². The van der Waals surface area contributed by atoms with Crippen molar-refractivity contribution in [2.75, 3.05) is 18.0 Å². The van der Waals surface area contributed by atoms with Crippen LogP contribution >= 0.6 is 0 Å². The lowest BCUT2D eigenvalue weighted by Gasteiger charge is -2.36. The van der Waals surface area contributed by atoms with E-state index in [1.165, 1.54) is 6.07 Å². The lowest BCUT2D eigenvalue weighted by molar-refractivity contribution is -0.122. The molecule has 0 radical (unpaired) electrons. The number of carbonyl (C=O) groups excluding carboxylic acids is 1. The second-order valence-electron chi connectivity index (χ2n) is 4.57. The summed E-state index contributed by atoms with van der Waals surface area (Å²) in [6, 6.07) is 4.92. The van der Waals surface area contributed by atoms with Crippen molar-refractivity contribution in [2.24, 2.45) is 5.92 Å². The molecule has 2 aliphatic heterocycles. The third-order valence-corrected chi connectivity index (χ3v) is 3.60. The number of carbonyl (C=O) groups is 1. The molecule has 0 aromatic carbocycles. The molecule has 1 aromatic rings. The fourth-order valence-electron chi connectivity index (χ4n) is 2.79. The number of pyridine rings is 1. The van der Waals surface area contributed by atoms with Crippen LogP contribution < -0.4 is 10.2 Å². The monoisotopic (exact) mass is 235 g/mol. The Balaban J connectivity index is 1.90. The number of hydrogen-bond donors (Lipinski definition) is 1. The minimum Gasteiger partial charge on any atom is -0.354 e. The van der Waals surface area contributed by atoms with Crippen molar-refractivity contribution in [2.45, 2.75) is 18.9 Å². The molecule has 0 spiro atoms. The first-order valence-electron chi connectivity index (χ1n) is 5.92. The van der Waals surface area contributed by atoms with Gasteiger partial charge in [-0.05, 0) is 25.0 Å². The molecule has 2 aliphatic rings. The van der Waals surface area contributed by atoms with Crippen LogP contribution in [0.4, 0.5) is 10.2 Å². The van der Waals surface area contributed by atoms with Crippen LogP contribution in [0.3, 0.4) is 0 Å². The summed E-state index contributed by atoms with van der Waals surface area (Å²) in [5, 5.41) is 2.87. The van der Waals surface area contributed by atoms with E-state index in [4.69, 9.17) is 0 Å². The standard InChI is InChI=1S/C12H14FN3O/c13-10-4-1-5-11(15-10)16-6-2-3-8-9(16)7-14-12(8)17/h1,4-5,8-9H,2-3,6-7H2,(H,14,17). The average Bonchev–Trinajstić information content (AvgIpc) is 2.71. The number of nitrogens with one attached hydrogen (secondary N) is 1. The Bertz CT molecular complexity index is 451. The molecule has 1 amide bonds. The normalized spacial score (nSPS) is 27.8. The Morgan fingerprint density at radius 1 is 1.47 bits per heavy atom. The molecule has 0 aliphatic carbocycles. The SMILES string of the molecule is O=C1NCC2C1CCCN2c1cccc(F)n1. The molecule has 1 N–H and O–H groups in total. The zero-order valence-electron chi connectivity index (χ0n) is 9.40. The molecule has 0 saturated carbocycles. The molecule has 17 heavy (non-hydrogen) atoms. The van der Waals surface area contributed by atoms with Crippen molar-refractivity contribution in [3.8, 4) is 0 Å². The van der Waals surface area contributed by atoms with Crippen LogP contribution in [0.5, 0.6) is 0 Å². The Hall–Kier alpha value is -1.65. The molecule has 2 atom stereocenters. The molecular formula is C12H14FN3O. The number of rotatable bonds is 1. The minimum absolute atomic E-state index is 0.0359. The molecule has 2 fully saturated rings. The van der Waals surface area contributed by atoms with Gasteiger partial charge in [-0.3, -0.25) is 4.79 Å². The number of aromatic nitrogens is 1. The van der Waals surface area contributed by atoms with Crippen LogP contribution in [-0.4, -0.2) is 30.0 Å². The van der Waals surface area contributed by atoms with E-state index in [2.05, 4.69) is 15.2 Å². The lowest BCUT2D eigenvalue weighted by Crippen LogP contribution is -2.46. The second-order valence-corrected chi connectivity index (χ2v) is 4.57. The summed E-state index contributed by atoms with van der Waals surface area (Å²) in [6.07, 6.45) is 1.87. The summed E-state index contributed by atoms with van der Waals surface area (Å²) >= 11 is 0. The third kappa shape index (κ3) is 1.75. The van der Waals surface area contributed by atoms with Gasteiger partial charge in [0.15, 0.2) is 0 Å². The highest BCUT2D eigenvalue weighted by Crippen LogP contribution is 2.30. The van der Waals surface area contributed by atoms with Crippen LogP contribution in [0.2, 0.25) is 0 Å². The van der Waals surface area contributed by atoms with Crippen LogP contribution in [0.25, 0.3) is 0 Å². The van der Waals surface area contributed by atoms with E-state index in [1.807, 2.05) is 0 Å². The summed E-state index contributed by atoms with van der Waals surface area (Å²) in [7, 11) is 0. The molecule has 3 heterocycles. The molecular weight excluding hydrogens is 221 g/mol. The maximum atomic E-state index is 13.1. The minimum atomic E-state index is -0.470. The highest BCUT2D eigenvalue weighted by Gasteiger charge is 2.41. The zero-order valence-corrected chi connectivity index (χ0v) is 9.40. The van der Waals surface area contributed by atoms with Crippen molar-refractivity contribution >= 4 is 11.7 Å². The van der Waals surface area contributed by atoms with Crippen molar-refractivity contribution in [1.82, 2.24) is 10.3 Å². The van der Waals surface area contributed by atoms with Gasteiger partial charge in [0.05, 0.1) is 12.0 Å². The molecule has 1 aromatic heterocycles. The van der Waals surface area contributed by atoms with Gasteiger partial charge >= 0.3 is 0 Å². The van der Waals surface area contributed by atoms with E-state index in [9.17, 15) is 9.18 Å². The van der Waals surface area contributed by atoms with Crippen molar-refractivity contribution in [3.05, 3.63) is 24.1 Å². The number of anilines is 1. The van der Waals surface area contributed by atoms with Crippen LogP contribution in [-0.2, 0) is 4.79 Å². The van der Waals surface area contributed by atoms with Crippen LogP contribution in [0.15, 0.2) is 18.2 Å². The number of halogens is 1. The van der Waals surface area contributed by atoms with Gasteiger partial charge in [0.1, 0.15) is 5.82 Å². The second kappa shape index (κ2) is 3.98. The smallest absolute Gasteiger partial charge is 0.225 e. The predicted molar refractivity (Wildman–Crippen MR) is 61.1 cm³/mol. The first-order valence-corrected chi connectivity index (χ1v) is 5.92. The molecule has 5 heteroatoms. The van der Waals surface area contributed by atoms with E-state index < -0.39 is 5.95 Å². The predicted octanol–water partition coefficient (Wildman–Crippen LogP) is 0.935. The summed E-state index contributed by atoms with van der Waals surface area (Å²) in [5.41, 5.74) is 0. The van der Waals surface area contributed by atoms with Crippen molar-refractivity contribution in [3.63, 3.8) is 0 Å². The number of piperidine rings is 1. The number of fused-ring (bicyclic) bond motifs is 1. The Kier molecular flexibility index (Phi) is 2.46. The van der Waals surface area contributed by atoms with E-state index in [1.54, 1.807) is 12.1 Å². The highest BCUT2D eigenvalue weighted by atomic mass is 19.1. The van der Waals surface area contributed by atoms with Gasteiger partial charge in [-0.25, -0.2) is 4.98 Å². The molecule has 90 valence electrons. The highest BCUT2D eigenvalue weighted by molar-refractivity contribution is 5.83. The molecule has 0 bridgehead atoms. The summed E-state index contributed by atoms with van der Waals surface area (Å²) in [4.78, 5) is 17.6. The van der Waals surface area contributed by atoms with Crippen molar-refractivity contribution in [1.29, 1.82) is 0 Å². The van der Waals surface area contributed by atoms with Gasteiger partial charge in [-0.2, -0.15) is 4.39 Å². The van der Waals surface area contributed by atoms with Gasteiger partial charge in [0.2, 0.25) is 11.9 Å². The van der Waals surface area contributed by atoms with Crippen LogP contribution in [0.1, 0.15) is 12.8 Å². The third-order valence-electron chi connectivity index (χ3n) is 3.60. The molecule has 2 unspecified atom stereocenters. The van der Waals surface area contributed by atoms with Gasteiger partial charge in [0, 0.05) is 13.1 Å². The molecule has 3 rings (SSSR count). The Morgan fingerprint density at radius 2 is 2.35 bits per heavy atom. The van der Waals surface area contributed by atoms with E-state index in [-0.39, 0.29) is 17.9 Å². The molecule has 2 saturated heterocycles. The summed E-state index contributed by atoms with van der Waals surface area (Å²) < 4.78 is 13.1. The first-order chi connectivity index (χ1) is 8.25. The molecule has 4 nitrogen and oxygen atoms in total. The topological polar surface area (TPSA) is 45.2 Å². The fraction of sp³-hybridized carbons (Fsp3) is 0.500. The average molecular weight is 235 g/mol. The maximum absolute atomic E-state index is 13.1. The fourth-order valence-corrected chi connectivity index (χ4v) is 2.79. The quantitative estimate of drug-likeness (QED) is 0.737. The van der Waals surface area contributed by atoms with E-state index in [0.717, 1.165) is 19.4 Å². The van der Waals surface area contributed by atoms with E-state index in [0.29, 0.717) is 12.4 Å². The Morgan fingerprint density at radius 3 is 3.18 bits per heavy atom. The Labute approximate surface area is 98.8 Å². The van der Waals surface area contributed by atoms with Gasteiger partial charge in [-0.1, -0.05) is 6.07 Å². The number of nitrogens with zero attached hydrogens (tertiary/aromatic N) is 2. The van der Waals surface area contributed by atoms with Crippen molar-refractivity contribution < 1.29 is 9.18 Å². The van der Waals surface area contributed by atoms with Gasteiger partial charge in [0.25, 0.3) is 0 Å². The number of amides is 1. The summed E-state index contributed by atoms with van der Waals surface area (Å²) in [6.45, 7) is 1.48. The zero-order chi connectivity index (χ0) is 11.8. The number of hydrogen-bond acceptors (Lipinski definition) is 3. The van der Waals surface area contributed by atoms with Crippen LogP contribution in [0, 0.1) is 11.9 Å².